The zero-order valence-electron chi connectivity index (χ0n) is 11.9. The first-order valence-corrected chi connectivity index (χ1v) is 7.93. The normalized spacial score (nSPS) is 17.3. The number of aromatic hydroxyl groups is 1. The van der Waals surface area contributed by atoms with Gasteiger partial charge in [-0.2, -0.15) is 0 Å². The number of nitrogens with zero attached hydrogens (tertiary/aromatic N) is 1. The van der Waals surface area contributed by atoms with Crippen LogP contribution in [0.1, 0.15) is 16.7 Å². The Balaban J connectivity index is 2.28. The molecule has 1 saturated heterocycles. The van der Waals surface area contributed by atoms with E-state index in [1.54, 1.807) is 16.7 Å². The molecule has 1 fully saturated rings. The van der Waals surface area contributed by atoms with Gasteiger partial charge in [0.15, 0.2) is 0 Å². The minimum Gasteiger partial charge on any atom is -0.507 e. The van der Waals surface area contributed by atoms with E-state index >= 15 is 0 Å². The topological polar surface area (TPSA) is 60.8 Å². The van der Waals surface area contributed by atoms with Gasteiger partial charge in [-0.3, -0.25) is 4.79 Å². The van der Waals surface area contributed by atoms with Gasteiger partial charge in [-0.15, -0.1) is 11.8 Å². The second-order valence-electron chi connectivity index (χ2n) is 4.98. The molecule has 1 aliphatic rings. The molecule has 0 spiro atoms. The molecule has 0 amide bonds. The number of hydrogen-bond acceptors (Lipinski definition) is 4. The Morgan fingerprint density at radius 1 is 1.43 bits per heavy atom. The van der Waals surface area contributed by atoms with Crippen molar-refractivity contribution < 1.29 is 15.0 Å². The first-order valence-electron chi connectivity index (χ1n) is 6.54. The summed E-state index contributed by atoms with van der Waals surface area (Å²) in [6.07, 6.45) is 1.96. The maximum atomic E-state index is 10.8. The summed E-state index contributed by atoms with van der Waals surface area (Å²) in [7, 11) is 0. The monoisotopic (exact) mass is 323 g/mol. The van der Waals surface area contributed by atoms with Crippen LogP contribution < -0.4 is 0 Å². The van der Waals surface area contributed by atoms with Crippen LogP contribution in [0.25, 0.3) is 6.08 Å². The highest BCUT2D eigenvalue weighted by molar-refractivity contribution is 8.05. The summed E-state index contributed by atoms with van der Waals surface area (Å²) in [6, 6.07) is 3.79. The first-order chi connectivity index (χ1) is 9.88. The number of thioether (sulfide) groups is 1. The van der Waals surface area contributed by atoms with Crippen molar-refractivity contribution >= 4 is 41.0 Å². The average molecular weight is 323 g/mol. The second kappa shape index (κ2) is 6.49. The molecule has 1 aromatic rings. The summed E-state index contributed by atoms with van der Waals surface area (Å²) in [5.74, 6) is 0.249. The SMILES string of the molecule is Cc1cc(C=C2SCCN(CC(=O)O)C2=S)cc(C)c1O. The minimum atomic E-state index is -0.875. The van der Waals surface area contributed by atoms with Crippen molar-refractivity contribution in [2.45, 2.75) is 13.8 Å². The minimum absolute atomic E-state index is 0.0651. The number of rotatable bonds is 3. The van der Waals surface area contributed by atoms with Crippen LogP contribution in [0.5, 0.6) is 5.75 Å². The predicted molar refractivity (Wildman–Crippen MR) is 89.8 cm³/mol. The van der Waals surface area contributed by atoms with Crippen LogP contribution in [0.4, 0.5) is 0 Å². The van der Waals surface area contributed by atoms with Crippen LogP contribution >= 0.6 is 24.0 Å². The molecule has 4 nitrogen and oxygen atoms in total. The Morgan fingerprint density at radius 3 is 2.62 bits per heavy atom. The average Bonchev–Trinajstić information content (AvgIpc) is 2.40. The fourth-order valence-electron chi connectivity index (χ4n) is 2.23. The van der Waals surface area contributed by atoms with E-state index in [2.05, 4.69) is 0 Å². The van der Waals surface area contributed by atoms with Crippen molar-refractivity contribution in [3.63, 3.8) is 0 Å². The molecule has 0 atom stereocenters. The van der Waals surface area contributed by atoms with E-state index in [4.69, 9.17) is 17.3 Å². The van der Waals surface area contributed by atoms with Crippen molar-refractivity contribution in [1.29, 1.82) is 0 Å². The smallest absolute Gasteiger partial charge is 0.323 e. The zero-order chi connectivity index (χ0) is 15.6. The van der Waals surface area contributed by atoms with Crippen molar-refractivity contribution in [3.8, 4) is 5.75 Å². The fourth-order valence-corrected chi connectivity index (χ4v) is 3.62. The number of carboxylic acids is 1. The molecule has 0 saturated carbocycles. The molecule has 6 heteroatoms. The Labute approximate surface area is 133 Å². The zero-order valence-corrected chi connectivity index (χ0v) is 13.6. The van der Waals surface area contributed by atoms with Crippen molar-refractivity contribution in [3.05, 3.63) is 33.7 Å². The number of aryl methyl sites for hydroxylation is 2. The number of carbonyl (C=O) groups is 1. The maximum absolute atomic E-state index is 10.8. The second-order valence-corrected chi connectivity index (χ2v) is 6.50. The van der Waals surface area contributed by atoms with Gasteiger partial charge >= 0.3 is 5.97 Å². The molecule has 0 bridgehead atoms. The highest BCUT2D eigenvalue weighted by Crippen LogP contribution is 2.29. The molecule has 2 rings (SSSR count). The van der Waals surface area contributed by atoms with E-state index in [9.17, 15) is 9.90 Å². The van der Waals surface area contributed by atoms with E-state index in [1.807, 2.05) is 32.1 Å². The molecular formula is C15H17NO3S2. The van der Waals surface area contributed by atoms with Gasteiger partial charge in [0, 0.05) is 17.2 Å². The molecule has 2 N–H and O–H groups in total. The molecule has 21 heavy (non-hydrogen) atoms. The van der Waals surface area contributed by atoms with Crippen LogP contribution in [-0.2, 0) is 4.79 Å². The largest absolute Gasteiger partial charge is 0.507 e. The number of hydrogen-bond donors (Lipinski definition) is 2. The maximum Gasteiger partial charge on any atom is 0.323 e. The van der Waals surface area contributed by atoms with Gasteiger partial charge in [-0.25, -0.2) is 0 Å². The van der Waals surface area contributed by atoms with Gasteiger partial charge in [0.25, 0.3) is 0 Å². The lowest BCUT2D eigenvalue weighted by Gasteiger charge is -2.29. The number of thiocarbonyl (C=S) groups is 1. The van der Waals surface area contributed by atoms with E-state index in [0.717, 1.165) is 27.3 Å². The van der Waals surface area contributed by atoms with Crippen molar-refractivity contribution in [2.24, 2.45) is 0 Å². The molecule has 0 radical (unpaired) electrons. The standard InChI is InChI=1S/C15H17NO3S2/c1-9-5-11(6-10(2)14(9)19)7-12-15(20)16(3-4-21-12)8-13(17)18/h5-7,19H,3-4,8H2,1-2H3,(H,17,18). The van der Waals surface area contributed by atoms with E-state index in [1.165, 1.54) is 0 Å². The lowest BCUT2D eigenvalue weighted by molar-refractivity contribution is -0.137. The number of phenols is 1. The van der Waals surface area contributed by atoms with Crippen molar-refractivity contribution in [2.75, 3.05) is 18.8 Å². The first kappa shape index (κ1) is 15.9. The van der Waals surface area contributed by atoms with Gasteiger partial charge in [-0.05, 0) is 48.7 Å². The quantitative estimate of drug-likeness (QED) is 0.659. The van der Waals surface area contributed by atoms with Crippen molar-refractivity contribution in [1.82, 2.24) is 4.90 Å². The molecule has 1 heterocycles. The molecule has 1 aliphatic heterocycles. The summed E-state index contributed by atoms with van der Waals surface area (Å²) in [6.45, 7) is 4.30. The van der Waals surface area contributed by atoms with Crippen LogP contribution in [0.3, 0.4) is 0 Å². The number of aliphatic carboxylic acids is 1. The summed E-state index contributed by atoms with van der Waals surface area (Å²) in [5, 5.41) is 18.7. The highest BCUT2D eigenvalue weighted by Gasteiger charge is 2.22. The third kappa shape index (κ3) is 3.77. The molecule has 0 aliphatic carbocycles. The Kier molecular flexibility index (Phi) is 4.90. The fraction of sp³-hybridized carbons (Fsp3) is 0.333. The predicted octanol–water partition coefficient (Wildman–Crippen LogP) is 2.81. The van der Waals surface area contributed by atoms with Gasteiger partial charge in [0.2, 0.25) is 0 Å². The van der Waals surface area contributed by atoms with E-state index in [0.29, 0.717) is 17.3 Å². The molecule has 112 valence electrons. The Morgan fingerprint density at radius 2 is 2.05 bits per heavy atom. The molecular weight excluding hydrogens is 306 g/mol. The number of benzene rings is 1. The van der Waals surface area contributed by atoms with Gasteiger partial charge < -0.3 is 15.1 Å². The Bertz CT molecular complexity index is 602. The molecule has 1 aromatic carbocycles. The van der Waals surface area contributed by atoms with Gasteiger partial charge in [-0.1, -0.05) is 12.2 Å². The van der Waals surface area contributed by atoms with Gasteiger partial charge in [0.1, 0.15) is 17.3 Å². The van der Waals surface area contributed by atoms with Gasteiger partial charge in [0.05, 0.1) is 0 Å². The number of phenolic OH excluding ortho intramolecular Hbond substituents is 1. The van der Waals surface area contributed by atoms with E-state index in [-0.39, 0.29) is 6.54 Å². The summed E-state index contributed by atoms with van der Waals surface area (Å²) >= 11 is 7.02. The third-order valence-electron chi connectivity index (χ3n) is 3.25. The third-order valence-corrected chi connectivity index (χ3v) is 4.87. The Hall–Kier alpha value is -1.53. The van der Waals surface area contributed by atoms with E-state index < -0.39 is 5.97 Å². The lowest BCUT2D eigenvalue weighted by atomic mass is 10.1. The summed E-state index contributed by atoms with van der Waals surface area (Å²) in [5.41, 5.74) is 2.59. The van der Waals surface area contributed by atoms with Crippen LogP contribution in [0.15, 0.2) is 17.0 Å². The number of carboxylic acid groups (broad SMARTS) is 1. The van der Waals surface area contributed by atoms with Crippen LogP contribution in [0, 0.1) is 13.8 Å². The molecule has 0 unspecified atom stereocenters. The summed E-state index contributed by atoms with van der Waals surface area (Å²) < 4.78 is 0. The highest BCUT2D eigenvalue weighted by atomic mass is 32.2. The molecule has 0 aromatic heterocycles. The van der Waals surface area contributed by atoms with Crippen LogP contribution in [-0.4, -0.2) is 44.9 Å². The lowest BCUT2D eigenvalue weighted by Crippen LogP contribution is -2.39. The van der Waals surface area contributed by atoms with Crippen LogP contribution in [0.2, 0.25) is 0 Å². The summed E-state index contributed by atoms with van der Waals surface area (Å²) in [4.78, 5) is 14.0.